The number of hydrogen-bond acceptors (Lipinski definition) is 2. The molecule has 0 aliphatic carbocycles. The van der Waals surface area contributed by atoms with E-state index in [1.165, 1.54) is 0 Å². The van der Waals surface area contributed by atoms with Gasteiger partial charge in [0.2, 0.25) is 0 Å². The summed E-state index contributed by atoms with van der Waals surface area (Å²) in [6.45, 7) is 9.57. The van der Waals surface area contributed by atoms with E-state index >= 15 is 0 Å². The largest absolute Gasteiger partial charge is 0.493 e. The predicted octanol–water partition coefficient (Wildman–Crippen LogP) is 5.36. The number of ether oxygens (including phenoxy) is 2. The fourth-order valence-electron chi connectivity index (χ4n) is 2.50. The van der Waals surface area contributed by atoms with Gasteiger partial charge in [-0.25, -0.2) is 0 Å². The number of hydrogen-bond donors (Lipinski definition) is 0. The van der Waals surface area contributed by atoms with E-state index in [1.807, 2.05) is 66.7 Å². The molecule has 23 heavy (non-hydrogen) atoms. The Hall–Kier alpha value is -2.22. The van der Waals surface area contributed by atoms with Crippen molar-refractivity contribution in [2.24, 2.45) is 11.3 Å². The first-order valence-corrected chi connectivity index (χ1v) is 8.13. The lowest BCUT2D eigenvalue weighted by molar-refractivity contribution is 0.0391. The molecule has 0 aliphatic rings. The Kier molecular flexibility index (Phi) is 6.28. The van der Waals surface area contributed by atoms with Crippen molar-refractivity contribution in [1.29, 1.82) is 0 Å². The molecule has 0 spiro atoms. The summed E-state index contributed by atoms with van der Waals surface area (Å²) in [5.74, 6) is 2.19. The highest BCUT2D eigenvalue weighted by atomic mass is 16.5. The first-order valence-electron chi connectivity index (χ1n) is 8.13. The highest BCUT2D eigenvalue weighted by molar-refractivity contribution is 5.22. The zero-order valence-corrected chi connectivity index (χ0v) is 14.1. The zero-order chi connectivity index (χ0) is 16.5. The van der Waals surface area contributed by atoms with Crippen LogP contribution in [0.5, 0.6) is 11.5 Å². The Morgan fingerprint density at radius 2 is 1.30 bits per heavy atom. The van der Waals surface area contributed by atoms with Gasteiger partial charge in [0, 0.05) is 5.41 Å². The van der Waals surface area contributed by atoms with Gasteiger partial charge in [0.25, 0.3) is 0 Å². The van der Waals surface area contributed by atoms with E-state index in [2.05, 4.69) is 20.4 Å². The molecule has 0 aromatic heterocycles. The Bertz CT molecular complexity index is 532. The van der Waals surface area contributed by atoms with Gasteiger partial charge in [-0.15, -0.1) is 6.58 Å². The maximum atomic E-state index is 6.05. The van der Waals surface area contributed by atoms with Crippen LogP contribution in [0.4, 0.5) is 0 Å². The minimum atomic E-state index is -0.104. The molecular formula is C21H26O2. The van der Waals surface area contributed by atoms with Crippen molar-refractivity contribution in [3.05, 3.63) is 73.3 Å². The van der Waals surface area contributed by atoms with Crippen LogP contribution in [0.15, 0.2) is 73.3 Å². The standard InChI is InChI=1S/C21H26O2/c1-4-15-21(18(2)3,16-22-19-11-7-5-8-12-19)17-23-20-13-9-6-10-14-20/h4-14,18H,1,15-17H2,2-3H3. The Morgan fingerprint density at radius 3 is 1.65 bits per heavy atom. The van der Waals surface area contributed by atoms with Crippen molar-refractivity contribution in [2.45, 2.75) is 20.3 Å². The van der Waals surface area contributed by atoms with Crippen molar-refractivity contribution in [2.75, 3.05) is 13.2 Å². The van der Waals surface area contributed by atoms with Gasteiger partial charge in [0.1, 0.15) is 11.5 Å². The number of benzene rings is 2. The lowest BCUT2D eigenvalue weighted by Gasteiger charge is -2.36. The summed E-state index contributed by atoms with van der Waals surface area (Å²) < 4.78 is 12.1. The first-order chi connectivity index (χ1) is 11.2. The molecule has 2 aromatic carbocycles. The smallest absolute Gasteiger partial charge is 0.119 e. The van der Waals surface area contributed by atoms with Crippen molar-refractivity contribution in [3.63, 3.8) is 0 Å². The van der Waals surface area contributed by atoms with Gasteiger partial charge in [-0.3, -0.25) is 0 Å². The fourth-order valence-corrected chi connectivity index (χ4v) is 2.50. The molecular weight excluding hydrogens is 284 g/mol. The van der Waals surface area contributed by atoms with Crippen LogP contribution in [0.3, 0.4) is 0 Å². The summed E-state index contributed by atoms with van der Waals surface area (Å²) in [5, 5.41) is 0. The predicted molar refractivity (Wildman–Crippen MR) is 96.0 cm³/mol. The molecule has 0 aliphatic heterocycles. The van der Waals surface area contributed by atoms with Crippen LogP contribution in [0.25, 0.3) is 0 Å². The van der Waals surface area contributed by atoms with E-state index in [9.17, 15) is 0 Å². The summed E-state index contributed by atoms with van der Waals surface area (Å²) in [6, 6.07) is 19.9. The van der Waals surface area contributed by atoms with Gasteiger partial charge < -0.3 is 9.47 Å². The maximum absolute atomic E-state index is 6.05. The van der Waals surface area contributed by atoms with Crippen molar-refractivity contribution in [1.82, 2.24) is 0 Å². The molecule has 2 heteroatoms. The Labute approximate surface area is 139 Å². The zero-order valence-electron chi connectivity index (χ0n) is 14.1. The second-order valence-electron chi connectivity index (χ2n) is 6.21. The third kappa shape index (κ3) is 4.88. The molecule has 0 saturated heterocycles. The molecule has 2 aromatic rings. The van der Waals surface area contributed by atoms with Gasteiger partial charge in [-0.2, -0.15) is 0 Å². The molecule has 0 unspecified atom stereocenters. The molecule has 0 fully saturated rings. The van der Waals surface area contributed by atoms with E-state index in [4.69, 9.17) is 9.47 Å². The Morgan fingerprint density at radius 1 is 0.870 bits per heavy atom. The Balaban J connectivity index is 2.09. The molecule has 0 heterocycles. The molecule has 0 saturated carbocycles. The summed E-state index contributed by atoms with van der Waals surface area (Å²) >= 11 is 0. The van der Waals surface area contributed by atoms with Crippen LogP contribution in [0, 0.1) is 11.3 Å². The molecule has 0 atom stereocenters. The second kappa shape index (κ2) is 8.42. The van der Waals surface area contributed by atoms with Crippen molar-refractivity contribution >= 4 is 0 Å². The quantitative estimate of drug-likeness (QED) is 0.580. The number of rotatable bonds is 9. The molecule has 0 N–H and O–H groups in total. The van der Waals surface area contributed by atoms with Crippen LogP contribution in [0.1, 0.15) is 20.3 Å². The van der Waals surface area contributed by atoms with E-state index < -0.39 is 0 Å². The van der Waals surface area contributed by atoms with Gasteiger partial charge in [-0.05, 0) is 36.6 Å². The highest BCUT2D eigenvalue weighted by Gasteiger charge is 2.35. The van der Waals surface area contributed by atoms with Crippen LogP contribution in [0.2, 0.25) is 0 Å². The average molecular weight is 310 g/mol. The van der Waals surface area contributed by atoms with Crippen LogP contribution in [-0.4, -0.2) is 13.2 Å². The van der Waals surface area contributed by atoms with Crippen LogP contribution in [-0.2, 0) is 0 Å². The fraction of sp³-hybridized carbons (Fsp3) is 0.333. The van der Waals surface area contributed by atoms with Gasteiger partial charge in [-0.1, -0.05) is 56.3 Å². The molecule has 2 rings (SSSR count). The molecule has 0 radical (unpaired) electrons. The monoisotopic (exact) mass is 310 g/mol. The topological polar surface area (TPSA) is 18.5 Å². The maximum Gasteiger partial charge on any atom is 0.119 e. The van der Waals surface area contributed by atoms with E-state index in [0.717, 1.165) is 17.9 Å². The molecule has 0 bridgehead atoms. The molecule has 0 amide bonds. The normalized spacial score (nSPS) is 11.3. The van der Waals surface area contributed by atoms with E-state index in [-0.39, 0.29) is 5.41 Å². The number of allylic oxidation sites excluding steroid dienone is 1. The second-order valence-corrected chi connectivity index (χ2v) is 6.21. The third-order valence-electron chi connectivity index (χ3n) is 4.31. The third-order valence-corrected chi connectivity index (χ3v) is 4.31. The van der Waals surface area contributed by atoms with E-state index in [1.54, 1.807) is 0 Å². The highest BCUT2D eigenvalue weighted by Crippen LogP contribution is 2.34. The van der Waals surface area contributed by atoms with Gasteiger partial charge >= 0.3 is 0 Å². The van der Waals surface area contributed by atoms with Crippen molar-refractivity contribution in [3.8, 4) is 11.5 Å². The average Bonchev–Trinajstić information content (AvgIpc) is 2.59. The minimum absolute atomic E-state index is 0.104. The number of para-hydroxylation sites is 2. The van der Waals surface area contributed by atoms with Crippen molar-refractivity contribution < 1.29 is 9.47 Å². The summed E-state index contributed by atoms with van der Waals surface area (Å²) in [4.78, 5) is 0. The van der Waals surface area contributed by atoms with E-state index in [0.29, 0.717) is 19.1 Å². The molecule has 122 valence electrons. The lowest BCUT2D eigenvalue weighted by atomic mass is 9.75. The summed E-state index contributed by atoms with van der Waals surface area (Å²) in [5.41, 5.74) is -0.104. The molecule has 2 nitrogen and oxygen atoms in total. The van der Waals surface area contributed by atoms with Crippen LogP contribution < -0.4 is 9.47 Å². The minimum Gasteiger partial charge on any atom is -0.493 e. The first kappa shape index (κ1) is 17.1. The van der Waals surface area contributed by atoms with Gasteiger partial charge in [0.15, 0.2) is 0 Å². The van der Waals surface area contributed by atoms with Gasteiger partial charge in [0.05, 0.1) is 13.2 Å². The summed E-state index contributed by atoms with van der Waals surface area (Å²) in [6.07, 6.45) is 2.81. The van der Waals surface area contributed by atoms with Crippen LogP contribution >= 0.6 is 0 Å². The lowest BCUT2D eigenvalue weighted by Crippen LogP contribution is -2.39. The summed E-state index contributed by atoms with van der Waals surface area (Å²) in [7, 11) is 0. The SMILES string of the molecule is C=CCC(COc1ccccc1)(COc1ccccc1)C(C)C.